The molecule has 0 spiro atoms. The molecule has 130 valence electrons. The van der Waals surface area contributed by atoms with Crippen molar-refractivity contribution in [3.63, 3.8) is 0 Å². The van der Waals surface area contributed by atoms with Crippen molar-refractivity contribution in [1.29, 1.82) is 0 Å². The average Bonchev–Trinajstić information content (AvgIpc) is 3.28. The summed E-state index contributed by atoms with van der Waals surface area (Å²) in [4.78, 5) is 16.9. The summed E-state index contributed by atoms with van der Waals surface area (Å²) in [7, 11) is 1.62. The predicted octanol–water partition coefficient (Wildman–Crippen LogP) is 3.46. The molecule has 2 aromatic heterocycles. The van der Waals surface area contributed by atoms with Crippen LogP contribution in [0, 0.1) is 5.92 Å². The summed E-state index contributed by atoms with van der Waals surface area (Å²) in [6.45, 7) is 4.09. The first-order valence-electron chi connectivity index (χ1n) is 8.01. The lowest BCUT2D eigenvalue weighted by atomic mass is 10.2. The summed E-state index contributed by atoms with van der Waals surface area (Å²) in [5.74, 6) is 1.65. The number of furan rings is 1. The number of anilines is 1. The second kappa shape index (κ2) is 7.21. The fourth-order valence-corrected chi connectivity index (χ4v) is 2.36. The molecule has 25 heavy (non-hydrogen) atoms. The van der Waals surface area contributed by atoms with Gasteiger partial charge in [0.1, 0.15) is 5.75 Å². The first kappa shape index (κ1) is 16.8. The van der Waals surface area contributed by atoms with Crippen molar-refractivity contribution in [3.05, 3.63) is 48.2 Å². The number of carbonyl (C=O) groups excluding carboxylic acids is 1. The van der Waals surface area contributed by atoms with Gasteiger partial charge in [-0.3, -0.25) is 4.79 Å². The molecule has 1 aromatic carbocycles. The molecule has 0 aliphatic rings. The number of hydrogen-bond acceptors (Lipinski definition) is 6. The van der Waals surface area contributed by atoms with Crippen molar-refractivity contribution in [2.75, 3.05) is 12.4 Å². The zero-order chi connectivity index (χ0) is 17.8. The molecular formula is C18H20N4O3. The first-order chi connectivity index (χ1) is 12.1. The monoisotopic (exact) mass is 340 g/mol. The van der Waals surface area contributed by atoms with Gasteiger partial charge in [-0.2, -0.15) is 9.67 Å². The van der Waals surface area contributed by atoms with Crippen LogP contribution in [0.2, 0.25) is 0 Å². The summed E-state index contributed by atoms with van der Waals surface area (Å²) in [5, 5.41) is 7.47. The summed E-state index contributed by atoms with van der Waals surface area (Å²) >= 11 is 0. The summed E-state index contributed by atoms with van der Waals surface area (Å²) < 4.78 is 12.0. The predicted molar refractivity (Wildman–Crippen MR) is 93.5 cm³/mol. The van der Waals surface area contributed by atoms with E-state index in [0.717, 1.165) is 11.3 Å². The van der Waals surface area contributed by atoms with Gasteiger partial charge in [0.2, 0.25) is 11.8 Å². The van der Waals surface area contributed by atoms with Gasteiger partial charge in [-0.1, -0.05) is 32.0 Å². The molecule has 0 aliphatic carbocycles. The normalized spacial score (nSPS) is 10.9. The molecule has 3 aromatic rings. The Morgan fingerprint density at radius 3 is 2.76 bits per heavy atom. The largest absolute Gasteiger partial charge is 0.496 e. The van der Waals surface area contributed by atoms with E-state index in [1.165, 1.54) is 4.68 Å². The number of ether oxygens (including phenoxy) is 1. The van der Waals surface area contributed by atoms with E-state index in [1.807, 2.05) is 38.1 Å². The highest BCUT2D eigenvalue weighted by atomic mass is 16.5. The highest BCUT2D eigenvalue weighted by Gasteiger charge is 2.20. The number of carbonyl (C=O) groups is 1. The van der Waals surface area contributed by atoms with E-state index in [9.17, 15) is 4.79 Å². The van der Waals surface area contributed by atoms with Gasteiger partial charge in [-0.05, 0) is 18.2 Å². The first-order valence-corrected chi connectivity index (χ1v) is 8.01. The molecule has 0 bridgehead atoms. The molecule has 0 unspecified atom stereocenters. The molecule has 0 saturated carbocycles. The lowest BCUT2D eigenvalue weighted by molar-refractivity contribution is 0.0841. The maximum Gasteiger partial charge on any atom is 0.252 e. The van der Waals surface area contributed by atoms with E-state index in [0.29, 0.717) is 24.1 Å². The lowest BCUT2D eigenvalue weighted by Crippen LogP contribution is -2.21. The van der Waals surface area contributed by atoms with Crippen LogP contribution in [0.25, 0.3) is 11.6 Å². The Kier molecular flexibility index (Phi) is 4.83. The number of aromatic nitrogens is 3. The Balaban J connectivity index is 1.90. The minimum Gasteiger partial charge on any atom is -0.496 e. The standard InChI is InChI=1S/C18H20N4O3/c1-12(2)17(23)22-18(20-16(21-22)15-9-6-10-25-15)19-11-13-7-4-5-8-14(13)24-3/h4-10,12H,11H2,1-3H3,(H,19,20,21). The molecule has 7 heteroatoms. The van der Waals surface area contributed by atoms with Gasteiger partial charge in [0.05, 0.1) is 13.4 Å². The summed E-state index contributed by atoms with van der Waals surface area (Å²) in [6.07, 6.45) is 1.54. The molecule has 7 nitrogen and oxygen atoms in total. The fourth-order valence-electron chi connectivity index (χ4n) is 2.36. The van der Waals surface area contributed by atoms with E-state index < -0.39 is 0 Å². The number of para-hydroxylation sites is 1. The SMILES string of the molecule is COc1ccccc1CNc1nc(-c2ccco2)nn1C(=O)C(C)C. The molecule has 0 amide bonds. The van der Waals surface area contributed by atoms with Gasteiger partial charge >= 0.3 is 0 Å². The lowest BCUT2D eigenvalue weighted by Gasteiger charge is -2.11. The minimum atomic E-state index is -0.210. The van der Waals surface area contributed by atoms with Crippen molar-refractivity contribution in [1.82, 2.24) is 14.8 Å². The topological polar surface area (TPSA) is 82.2 Å². The smallest absolute Gasteiger partial charge is 0.252 e. The highest BCUT2D eigenvalue weighted by molar-refractivity contribution is 5.82. The molecule has 0 atom stereocenters. The number of benzene rings is 1. The van der Waals surface area contributed by atoms with Gasteiger partial charge in [-0.15, -0.1) is 5.10 Å². The molecule has 0 radical (unpaired) electrons. The molecule has 3 rings (SSSR count). The third kappa shape index (κ3) is 3.55. The third-order valence-electron chi connectivity index (χ3n) is 3.68. The molecule has 2 heterocycles. The van der Waals surface area contributed by atoms with Crippen LogP contribution in [0.5, 0.6) is 5.75 Å². The Morgan fingerprint density at radius 2 is 2.08 bits per heavy atom. The van der Waals surface area contributed by atoms with Crippen LogP contribution in [0.3, 0.4) is 0 Å². The van der Waals surface area contributed by atoms with Crippen molar-refractivity contribution in [2.45, 2.75) is 20.4 Å². The fraction of sp³-hybridized carbons (Fsp3) is 0.278. The van der Waals surface area contributed by atoms with Gasteiger partial charge in [-0.25, -0.2) is 0 Å². The van der Waals surface area contributed by atoms with Gasteiger partial charge < -0.3 is 14.5 Å². The van der Waals surface area contributed by atoms with Crippen molar-refractivity contribution in [3.8, 4) is 17.3 Å². The maximum absolute atomic E-state index is 12.4. The second-order valence-electron chi connectivity index (χ2n) is 5.81. The number of rotatable bonds is 6. The summed E-state index contributed by atoms with van der Waals surface area (Å²) in [6, 6.07) is 11.2. The number of nitrogens with one attached hydrogen (secondary N) is 1. The maximum atomic E-state index is 12.4. The third-order valence-corrected chi connectivity index (χ3v) is 3.68. The molecule has 0 fully saturated rings. The van der Waals surface area contributed by atoms with Crippen molar-refractivity contribution < 1.29 is 13.9 Å². The molecule has 0 aliphatic heterocycles. The van der Waals surface area contributed by atoms with Crippen molar-refractivity contribution in [2.24, 2.45) is 5.92 Å². The molecule has 1 N–H and O–H groups in total. The van der Waals surface area contributed by atoms with Gasteiger partial charge in [0.15, 0.2) is 5.76 Å². The molecular weight excluding hydrogens is 320 g/mol. The average molecular weight is 340 g/mol. The Labute approximate surface area is 145 Å². The Morgan fingerprint density at radius 1 is 1.28 bits per heavy atom. The van der Waals surface area contributed by atoms with Crippen LogP contribution in [0.15, 0.2) is 47.1 Å². The van der Waals surface area contributed by atoms with Crippen LogP contribution < -0.4 is 10.1 Å². The van der Waals surface area contributed by atoms with E-state index >= 15 is 0 Å². The Hall–Kier alpha value is -3.09. The minimum absolute atomic E-state index is 0.146. The van der Waals surface area contributed by atoms with E-state index in [2.05, 4.69) is 15.4 Å². The zero-order valence-corrected chi connectivity index (χ0v) is 14.4. The van der Waals surface area contributed by atoms with E-state index in [4.69, 9.17) is 9.15 Å². The van der Waals surface area contributed by atoms with Crippen LogP contribution in [0.1, 0.15) is 24.2 Å². The van der Waals surface area contributed by atoms with Crippen molar-refractivity contribution >= 4 is 11.9 Å². The Bertz CT molecular complexity index is 853. The van der Waals surface area contributed by atoms with E-state index in [1.54, 1.807) is 25.5 Å². The second-order valence-corrected chi connectivity index (χ2v) is 5.81. The molecule has 0 saturated heterocycles. The zero-order valence-electron chi connectivity index (χ0n) is 14.4. The van der Waals surface area contributed by atoms with Crippen LogP contribution >= 0.6 is 0 Å². The van der Waals surface area contributed by atoms with Crippen LogP contribution in [-0.2, 0) is 6.54 Å². The summed E-state index contributed by atoms with van der Waals surface area (Å²) in [5.41, 5.74) is 0.955. The number of hydrogen-bond donors (Lipinski definition) is 1. The highest BCUT2D eigenvalue weighted by Crippen LogP contribution is 2.22. The van der Waals surface area contributed by atoms with Crippen LogP contribution in [-0.4, -0.2) is 27.8 Å². The van der Waals surface area contributed by atoms with Gasteiger partial charge in [0, 0.05) is 18.0 Å². The van der Waals surface area contributed by atoms with Gasteiger partial charge in [0.25, 0.3) is 5.91 Å². The number of methoxy groups -OCH3 is 1. The van der Waals surface area contributed by atoms with E-state index in [-0.39, 0.29) is 11.8 Å². The number of nitrogens with zero attached hydrogens (tertiary/aromatic N) is 3. The quantitative estimate of drug-likeness (QED) is 0.740. The van der Waals surface area contributed by atoms with Crippen LogP contribution in [0.4, 0.5) is 5.95 Å².